The molecule has 25 nitrogen and oxygen atoms in total. The molecule has 7 atom stereocenters. The van der Waals surface area contributed by atoms with Gasteiger partial charge in [0.05, 0.1) is 43.6 Å². The molecule has 27 heteroatoms. The molecule has 10 amide bonds. The van der Waals surface area contributed by atoms with E-state index < -0.39 is 118 Å². The van der Waals surface area contributed by atoms with E-state index in [9.17, 15) is 61.5 Å². The number of carboxylic acid groups (broad SMARTS) is 1. The molecule has 3 rings (SSSR count). The van der Waals surface area contributed by atoms with Gasteiger partial charge in [-0.15, -0.1) is 0 Å². The summed E-state index contributed by atoms with van der Waals surface area (Å²) in [7, 11) is -3.28. The van der Waals surface area contributed by atoms with Gasteiger partial charge in [-0.05, 0) is 69.7 Å². The van der Waals surface area contributed by atoms with Gasteiger partial charge in [0.25, 0.3) is 0 Å². The minimum absolute atomic E-state index is 0.112. The van der Waals surface area contributed by atoms with Crippen LogP contribution < -0.4 is 58.5 Å². The molecule has 0 saturated carbocycles. The third kappa shape index (κ3) is 17.6. The van der Waals surface area contributed by atoms with Crippen LogP contribution in [0.4, 0.5) is 4.79 Å². The molecule has 0 radical (unpaired) electrons. The largest absolute Gasteiger partial charge is 0.497 e. The topological polar surface area (TPSA) is 389 Å². The zero-order chi connectivity index (χ0) is 49.0. The highest BCUT2D eigenvalue weighted by Gasteiger charge is 2.42. The molecule has 2 aliphatic rings. The van der Waals surface area contributed by atoms with Crippen LogP contribution in [0.15, 0.2) is 29.2 Å². The normalized spacial score (nSPS) is 18.0. The van der Waals surface area contributed by atoms with Gasteiger partial charge in [0, 0.05) is 30.4 Å². The summed E-state index contributed by atoms with van der Waals surface area (Å²) in [6.45, 7) is 0.0597. The van der Waals surface area contributed by atoms with Gasteiger partial charge in [0.15, 0.2) is 15.1 Å². The molecular formula is C39H58N10O15S2. The number of nitrogens with two attached hydrogens (primary N) is 1. The van der Waals surface area contributed by atoms with Gasteiger partial charge in [-0.3, -0.25) is 48.4 Å². The van der Waals surface area contributed by atoms with Crippen molar-refractivity contribution in [2.24, 2.45) is 5.73 Å². The minimum Gasteiger partial charge on any atom is -0.497 e. The highest BCUT2D eigenvalue weighted by atomic mass is 32.2. The lowest BCUT2D eigenvalue weighted by atomic mass is 10.0. The zero-order valence-corrected chi connectivity index (χ0v) is 38.0. The molecule has 1 aromatic carbocycles. The van der Waals surface area contributed by atoms with Gasteiger partial charge in [-0.25, -0.2) is 18.7 Å². The number of hydrogen-bond donors (Lipinski definition) is 12. The summed E-state index contributed by atoms with van der Waals surface area (Å²) < 4.78 is 31.7. The Morgan fingerprint density at radius 2 is 1.50 bits per heavy atom. The number of primary amides is 1. The predicted molar refractivity (Wildman–Crippen MR) is 233 cm³/mol. The first-order valence-electron chi connectivity index (χ1n) is 21.0. The number of carbonyl (C=O) groups excluding carboxylic acids is 9. The highest BCUT2D eigenvalue weighted by Crippen LogP contribution is 2.33. The van der Waals surface area contributed by atoms with Crippen molar-refractivity contribution in [3.05, 3.63) is 24.3 Å². The number of sulfone groups is 1. The number of hydrogen-bond acceptors (Lipinski definition) is 15. The number of hydroxylamine groups is 1. The number of fused-ring (bicyclic) bond motifs is 1. The molecule has 1 unspecified atom stereocenters. The number of ether oxygens (including phenoxy) is 1. The average molecular weight is 971 g/mol. The van der Waals surface area contributed by atoms with Gasteiger partial charge in [-0.2, -0.15) is 11.8 Å². The first-order valence-corrected chi connectivity index (χ1v) is 23.6. The second-order valence-corrected chi connectivity index (χ2v) is 18.8. The third-order valence-corrected chi connectivity index (χ3v) is 14.0. The summed E-state index contributed by atoms with van der Waals surface area (Å²) in [5.74, 6) is -7.53. The van der Waals surface area contributed by atoms with Crippen LogP contribution in [0.2, 0.25) is 0 Å². The van der Waals surface area contributed by atoms with E-state index in [4.69, 9.17) is 15.7 Å². The number of aliphatic carboxylic acids is 1. The van der Waals surface area contributed by atoms with Gasteiger partial charge in [-0.1, -0.05) is 6.42 Å². The minimum atomic E-state index is -4.61. The Labute approximate surface area is 384 Å². The van der Waals surface area contributed by atoms with Gasteiger partial charge in [0.2, 0.25) is 47.3 Å². The standard InChI is InChI=1S/C39H58N10O15S2/c1-21(44-38(59)28(17-30(51)49-61)66(62,63)23-12-10-22(64-2)11-13-23)36(57)46-25(14-15-33(54)55)37(58)43-18-31(52)42-19-32(53)45-24(35(40)56)7-5-6-16-41-29(50)9-4-3-8-27-34-26(20-65-27)47-39(60)48-34/h10-13,21,24-28,34,61H,3-9,14-20H2,1-2H3,(H2,40,56)(H,41,50)(H,42,52)(H,43,58)(H,44,59)(H,45,53)(H,46,57)(H,49,51)(H,54,55)(H2,47,48,60)/t21-,24-,25-,26-,27-,28?,34-/m0/s1. The number of amides is 10. The van der Waals surface area contributed by atoms with E-state index in [-0.39, 0.29) is 36.2 Å². The number of carbonyl (C=O) groups is 10. The first kappa shape index (κ1) is 54.1. The smallest absolute Gasteiger partial charge is 0.315 e. The van der Waals surface area contributed by atoms with E-state index >= 15 is 0 Å². The first-order chi connectivity index (χ1) is 31.2. The van der Waals surface area contributed by atoms with E-state index in [1.165, 1.54) is 24.7 Å². The van der Waals surface area contributed by atoms with Crippen molar-refractivity contribution in [1.82, 2.24) is 48.0 Å². The van der Waals surface area contributed by atoms with Gasteiger partial charge in [0.1, 0.15) is 23.9 Å². The molecule has 0 aliphatic carbocycles. The van der Waals surface area contributed by atoms with Crippen LogP contribution >= 0.6 is 11.8 Å². The number of benzene rings is 1. The summed E-state index contributed by atoms with van der Waals surface area (Å²) >= 11 is 1.81. The fourth-order valence-corrected chi connectivity index (χ4v) is 9.93. The summed E-state index contributed by atoms with van der Waals surface area (Å²) in [6, 6.07) is 0.664. The van der Waals surface area contributed by atoms with Crippen molar-refractivity contribution in [3.8, 4) is 5.75 Å². The fraction of sp³-hybridized carbons (Fsp3) is 0.590. The number of nitrogens with one attached hydrogen (secondary N) is 9. The summed E-state index contributed by atoms with van der Waals surface area (Å²) in [4.78, 5) is 123. The van der Waals surface area contributed by atoms with Crippen LogP contribution in [-0.4, -0.2) is 151 Å². The number of urea groups is 1. The van der Waals surface area contributed by atoms with Crippen LogP contribution in [0.3, 0.4) is 0 Å². The molecule has 66 heavy (non-hydrogen) atoms. The fourth-order valence-electron chi connectivity index (χ4n) is 6.82. The number of unbranched alkanes of at least 4 members (excludes halogenated alkanes) is 2. The monoisotopic (exact) mass is 970 g/mol. The summed E-state index contributed by atoms with van der Waals surface area (Å²) in [5, 5.41) is 36.2. The van der Waals surface area contributed by atoms with E-state index in [1.807, 2.05) is 11.8 Å². The average Bonchev–Trinajstić information content (AvgIpc) is 3.84. The molecule has 0 aromatic heterocycles. The molecule has 13 N–H and O–H groups in total. The quantitative estimate of drug-likeness (QED) is 0.0163. The predicted octanol–water partition coefficient (Wildman–Crippen LogP) is -3.20. The molecule has 0 spiro atoms. The molecule has 366 valence electrons. The van der Waals surface area contributed by atoms with E-state index in [1.54, 1.807) is 0 Å². The maximum atomic E-state index is 13.4. The number of rotatable bonds is 29. The van der Waals surface area contributed by atoms with Crippen LogP contribution in [0.5, 0.6) is 5.75 Å². The van der Waals surface area contributed by atoms with Crippen LogP contribution in [-0.2, 0) is 53.0 Å². The van der Waals surface area contributed by atoms with Gasteiger partial charge >= 0.3 is 12.0 Å². The Balaban J connectivity index is 1.40. The molecule has 2 saturated heterocycles. The van der Waals surface area contributed by atoms with Crippen molar-refractivity contribution < 1.29 is 71.4 Å². The molecule has 2 aliphatic heterocycles. The van der Waals surface area contributed by atoms with Crippen molar-refractivity contribution in [2.75, 3.05) is 32.5 Å². The maximum absolute atomic E-state index is 13.4. The van der Waals surface area contributed by atoms with E-state index in [2.05, 4.69) is 42.5 Å². The lowest BCUT2D eigenvalue weighted by Crippen LogP contribution is -2.55. The lowest BCUT2D eigenvalue weighted by molar-refractivity contribution is -0.138. The molecule has 1 aromatic rings. The zero-order valence-electron chi connectivity index (χ0n) is 36.3. The second-order valence-electron chi connectivity index (χ2n) is 15.4. The van der Waals surface area contributed by atoms with Crippen molar-refractivity contribution in [2.45, 2.75) is 117 Å². The Morgan fingerprint density at radius 3 is 2.15 bits per heavy atom. The Kier molecular flexibility index (Phi) is 21.9. The molecular weight excluding hydrogens is 913 g/mol. The Hall–Kier alpha value is -6.22. The van der Waals surface area contributed by atoms with E-state index in [0.29, 0.717) is 37.5 Å². The van der Waals surface area contributed by atoms with Crippen LogP contribution in [0.25, 0.3) is 0 Å². The number of methoxy groups -OCH3 is 1. The number of thioether (sulfide) groups is 1. The Morgan fingerprint density at radius 1 is 0.803 bits per heavy atom. The SMILES string of the molecule is COc1ccc(S(=O)(=O)C(CC(=O)NO)C(=O)N[C@@H](C)C(=O)N[C@@H](CCC(=O)O)C(=O)NCC(=O)NCC(=O)N[C@@H](CCCCNC(=O)CCCC[C@@H]2SC[C@@H]3NC(=O)N[C@@H]32)C(N)=O)cc1. The molecule has 2 fully saturated rings. The van der Waals surface area contributed by atoms with Crippen LogP contribution in [0.1, 0.15) is 71.1 Å². The number of carboxylic acids is 1. The molecule has 0 bridgehead atoms. The molecule has 2 heterocycles. The van der Waals surface area contributed by atoms with Crippen molar-refractivity contribution >= 4 is 80.9 Å². The third-order valence-electron chi connectivity index (χ3n) is 10.5. The van der Waals surface area contributed by atoms with Crippen LogP contribution in [0, 0.1) is 0 Å². The van der Waals surface area contributed by atoms with Crippen molar-refractivity contribution in [3.63, 3.8) is 0 Å². The van der Waals surface area contributed by atoms with Gasteiger partial charge < -0.3 is 58.1 Å². The second kappa shape index (κ2) is 26.7. The van der Waals surface area contributed by atoms with Crippen molar-refractivity contribution in [1.29, 1.82) is 0 Å². The van der Waals surface area contributed by atoms with E-state index in [0.717, 1.165) is 37.7 Å². The summed E-state index contributed by atoms with van der Waals surface area (Å²) in [6.07, 6.45) is 1.62. The summed E-state index contributed by atoms with van der Waals surface area (Å²) in [5.41, 5.74) is 6.69. The highest BCUT2D eigenvalue weighted by molar-refractivity contribution is 8.00. The lowest BCUT2D eigenvalue weighted by Gasteiger charge is -2.23. The Bertz CT molecular complexity index is 2040. The maximum Gasteiger partial charge on any atom is 0.315 e.